The van der Waals surface area contributed by atoms with Crippen molar-refractivity contribution < 1.29 is 14.3 Å². The third kappa shape index (κ3) is 2.96. The van der Waals surface area contributed by atoms with Gasteiger partial charge in [0.2, 0.25) is 0 Å². The van der Waals surface area contributed by atoms with Crippen molar-refractivity contribution >= 4 is 11.8 Å². The first kappa shape index (κ1) is 12.5. The monoisotopic (exact) mass is 227 g/mol. The van der Waals surface area contributed by atoms with Crippen molar-refractivity contribution in [1.29, 1.82) is 0 Å². The average molecular weight is 227 g/mol. The van der Waals surface area contributed by atoms with Crippen molar-refractivity contribution in [2.75, 3.05) is 19.5 Å². The van der Waals surface area contributed by atoms with E-state index in [0.29, 0.717) is 19.0 Å². The number of anilines is 1. The first-order chi connectivity index (χ1) is 7.56. The molecule has 16 heavy (non-hydrogen) atoms. The van der Waals surface area contributed by atoms with E-state index in [1.54, 1.807) is 4.57 Å². The summed E-state index contributed by atoms with van der Waals surface area (Å²) in [4.78, 5) is 15.1. The predicted molar refractivity (Wildman–Crippen MR) is 59.1 cm³/mol. The minimum Gasteiger partial charge on any atom is -0.464 e. The summed E-state index contributed by atoms with van der Waals surface area (Å²) in [6.07, 6.45) is 1.68. The van der Waals surface area contributed by atoms with Gasteiger partial charge in [-0.25, -0.2) is 9.78 Å². The highest BCUT2D eigenvalue weighted by molar-refractivity contribution is 5.91. The molecular formula is C10H17N3O3. The van der Waals surface area contributed by atoms with Gasteiger partial charge in [-0.2, -0.15) is 0 Å². The smallest absolute Gasteiger partial charge is 0.360 e. The molecule has 6 heteroatoms. The number of esters is 1. The van der Waals surface area contributed by atoms with Crippen LogP contribution >= 0.6 is 0 Å². The summed E-state index contributed by atoms with van der Waals surface area (Å²) in [6.45, 7) is 5.00. The Morgan fingerprint density at radius 2 is 2.31 bits per heavy atom. The lowest BCUT2D eigenvalue weighted by Crippen LogP contribution is -2.13. The summed E-state index contributed by atoms with van der Waals surface area (Å²) < 4.78 is 11.6. The van der Waals surface area contributed by atoms with E-state index in [0.717, 1.165) is 0 Å². The van der Waals surface area contributed by atoms with Crippen molar-refractivity contribution in [3.05, 3.63) is 12.0 Å². The minimum absolute atomic E-state index is 0.145. The summed E-state index contributed by atoms with van der Waals surface area (Å²) >= 11 is 0. The number of rotatable bonds is 5. The molecule has 0 spiro atoms. The van der Waals surface area contributed by atoms with Gasteiger partial charge in [-0.1, -0.05) is 0 Å². The largest absolute Gasteiger partial charge is 0.464 e. The summed E-state index contributed by atoms with van der Waals surface area (Å²) in [7, 11) is 1.29. The van der Waals surface area contributed by atoms with E-state index in [-0.39, 0.29) is 11.8 Å². The zero-order chi connectivity index (χ0) is 12.1. The molecule has 0 aromatic carbocycles. The average Bonchev–Trinajstić information content (AvgIpc) is 2.59. The first-order valence-electron chi connectivity index (χ1n) is 5.06. The Kier molecular flexibility index (Phi) is 4.30. The number of aromatic nitrogens is 2. The molecule has 1 aromatic heterocycles. The van der Waals surface area contributed by atoms with Crippen molar-refractivity contribution in [2.45, 2.75) is 26.5 Å². The molecule has 0 unspecified atom stereocenters. The van der Waals surface area contributed by atoms with Crippen molar-refractivity contribution in [3.8, 4) is 0 Å². The number of hydrogen-bond donors (Lipinski definition) is 1. The molecule has 2 N–H and O–H groups in total. The highest BCUT2D eigenvalue weighted by Crippen LogP contribution is 2.10. The Bertz CT molecular complexity index is 360. The fourth-order valence-corrected chi connectivity index (χ4v) is 1.21. The van der Waals surface area contributed by atoms with Crippen LogP contribution in [0, 0.1) is 0 Å². The van der Waals surface area contributed by atoms with Crippen LogP contribution < -0.4 is 5.73 Å². The zero-order valence-electron chi connectivity index (χ0n) is 9.77. The summed E-state index contributed by atoms with van der Waals surface area (Å²) in [5.74, 6) is -0.222. The van der Waals surface area contributed by atoms with Gasteiger partial charge in [-0.15, -0.1) is 0 Å². The lowest BCUT2D eigenvalue weighted by Gasteiger charge is -2.08. The van der Waals surface area contributed by atoms with Gasteiger partial charge in [0.1, 0.15) is 5.82 Å². The minimum atomic E-state index is -0.527. The molecule has 6 nitrogen and oxygen atoms in total. The molecule has 0 radical (unpaired) electrons. The molecule has 1 rings (SSSR count). The number of carbonyl (C=O) groups excluding carboxylic acids is 1. The number of nitrogen functional groups attached to an aromatic ring is 1. The van der Waals surface area contributed by atoms with E-state index in [1.165, 1.54) is 13.4 Å². The molecule has 0 saturated carbocycles. The van der Waals surface area contributed by atoms with Crippen LogP contribution in [0.2, 0.25) is 0 Å². The highest BCUT2D eigenvalue weighted by Gasteiger charge is 2.15. The van der Waals surface area contributed by atoms with E-state index in [1.807, 2.05) is 13.8 Å². The third-order valence-electron chi connectivity index (χ3n) is 2.04. The maximum absolute atomic E-state index is 11.2. The summed E-state index contributed by atoms with van der Waals surface area (Å²) in [5, 5.41) is 0. The molecule has 0 amide bonds. The molecule has 0 bridgehead atoms. The first-order valence-corrected chi connectivity index (χ1v) is 5.06. The summed E-state index contributed by atoms with van der Waals surface area (Å²) in [6, 6.07) is 0. The third-order valence-corrected chi connectivity index (χ3v) is 2.04. The molecule has 1 heterocycles. The number of hydrogen-bond acceptors (Lipinski definition) is 5. The van der Waals surface area contributed by atoms with Gasteiger partial charge in [0.15, 0.2) is 5.69 Å². The molecule has 0 aliphatic rings. The van der Waals surface area contributed by atoms with Gasteiger partial charge in [0.25, 0.3) is 0 Å². The van der Waals surface area contributed by atoms with Gasteiger partial charge >= 0.3 is 5.97 Å². The molecule has 0 aliphatic heterocycles. The molecule has 1 aromatic rings. The van der Waals surface area contributed by atoms with Crippen LogP contribution in [-0.2, 0) is 16.0 Å². The highest BCUT2D eigenvalue weighted by atomic mass is 16.5. The van der Waals surface area contributed by atoms with Crippen LogP contribution in [0.25, 0.3) is 0 Å². The molecule has 90 valence electrons. The number of ether oxygens (including phenoxy) is 2. The normalized spacial score (nSPS) is 10.8. The van der Waals surface area contributed by atoms with Crippen molar-refractivity contribution in [2.24, 2.45) is 0 Å². The van der Waals surface area contributed by atoms with E-state index >= 15 is 0 Å². The van der Waals surface area contributed by atoms with Gasteiger partial charge < -0.3 is 19.8 Å². The Hall–Kier alpha value is -1.56. The van der Waals surface area contributed by atoms with Crippen molar-refractivity contribution in [1.82, 2.24) is 9.55 Å². The Morgan fingerprint density at radius 3 is 2.88 bits per heavy atom. The van der Waals surface area contributed by atoms with E-state index < -0.39 is 5.97 Å². The summed E-state index contributed by atoms with van der Waals surface area (Å²) in [5.41, 5.74) is 5.89. The Labute approximate surface area is 94.4 Å². The second kappa shape index (κ2) is 5.50. The number of carbonyl (C=O) groups is 1. The predicted octanol–water partition coefficient (Wildman–Crippen LogP) is 0.677. The Balaban J connectivity index is 2.62. The molecular weight excluding hydrogens is 210 g/mol. The van der Waals surface area contributed by atoms with E-state index in [4.69, 9.17) is 10.5 Å². The lowest BCUT2D eigenvalue weighted by molar-refractivity contribution is 0.0595. The van der Waals surface area contributed by atoms with E-state index in [9.17, 15) is 4.79 Å². The van der Waals surface area contributed by atoms with Gasteiger partial charge in [-0.3, -0.25) is 0 Å². The van der Waals surface area contributed by atoms with Crippen LogP contribution in [-0.4, -0.2) is 35.3 Å². The van der Waals surface area contributed by atoms with Crippen LogP contribution in [0.4, 0.5) is 5.82 Å². The molecule has 0 saturated heterocycles. The number of nitrogens with zero attached hydrogens (tertiary/aromatic N) is 2. The second-order valence-electron chi connectivity index (χ2n) is 3.58. The number of nitrogens with two attached hydrogens (primary N) is 1. The topological polar surface area (TPSA) is 79.4 Å². The maximum atomic E-state index is 11.2. The lowest BCUT2D eigenvalue weighted by atomic mass is 10.4. The van der Waals surface area contributed by atoms with Crippen LogP contribution in [0.1, 0.15) is 24.3 Å². The van der Waals surface area contributed by atoms with Gasteiger partial charge in [0.05, 0.1) is 26.1 Å². The van der Waals surface area contributed by atoms with Crippen LogP contribution in [0.15, 0.2) is 6.33 Å². The Morgan fingerprint density at radius 1 is 1.62 bits per heavy atom. The van der Waals surface area contributed by atoms with Crippen LogP contribution in [0.5, 0.6) is 0 Å². The standard InChI is InChI=1S/C10H17N3O3/c1-7(2)16-5-4-13-6-12-8(9(13)11)10(14)15-3/h6-7H,4-5,11H2,1-3H3. The zero-order valence-corrected chi connectivity index (χ0v) is 9.77. The van der Waals surface area contributed by atoms with Gasteiger partial charge in [0, 0.05) is 6.54 Å². The SMILES string of the molecule is COC(=O)c1ncn(CCOC(C)C)c1N. The number of methoxy groups -OCH3 is 1. The molecule has 0 fully saturated rings. The van der Waals surface area contributed by atoms with Crippen molar-refractivity contribution in [3.63, 3.8) is 0 Å². The fraction of sp³-hybridized carbons (Fsp3) is 0.600. The van der Waals surface area contributed by atoms with Gasteiger partial charge in [-0.05, 0) is 13.8 Å². The quantitative estimate of drug-likeness (QED) is 0.748. The molecule has 0 atom stereocenters. The second-order valence-corrected chi connectivity index (χ2v) is 3.58. The fourth-order valence-electron chi connectivity index (χ4n) is 1.21. The molecule has 0 aliphatic carbocycles. The van der Waals surface area contributed by atoms with Crippen LogP contribution in [0.3, 0.4) is 0 Å². The van der Waals surface area contributed by atoms with E-state index in [2.05, 4.69) is 9.72 Å². The maximum Gasteiger partial charge on any atom is 0.360 e. The number of imidazole rings is 1.